The molecule has 1 fully saturated rings. The number of allylic oxidation sites excluding steroid dienone is 1. The minimum absolute atomic E-state index is 0.118. The molecule has 1 amide bonds. The molecule has 0 aliphatic carbocycles. The number of thiocarbonyl (C=S) groups is 1. The maximum Gasteiger partial charge on any atom is 0.251 e. The smallest absolute Gasteiger partial charge is 0.251 e. The number of amides is 1. The summed E-state index contributed by atoms with van der Waals surface area (Å²) >= 11 is 5.48. The van der Waals surface area contributed by atoms with Gasteiger partial charge in [0.05, 0.1) is 11.4 Å². The number of carbonyl (C=O) groups excluding carboxylic acids is 1. The monoisotopic (exact) mass is 467 g/mol. The molecule has 2 aromatic rings. The van der Waals surface area contributed by atoms with Crippen LogP contribution in [-0.4, -0.2) is 42.0 Å². The highest BCUT2D eigenvalue weighted by atomic mass is 32.1. The molecular weight excluding hydrogens is 437 g/mol. The Labute approximate surface area is 200 Å². The number of fused-ring (bicyclic) bond motifs is 1. The fourth-order valence-corrected chi connectivity index (χ4v) is 4.68. The molecule has 7 heteroatoms. The summed E-state index contributed by atoms with van der Waals surface area (Å²) in [5.41, 5.74) is 3.08. The number of hydrogen-bond donors (Lipinski definition) is 1. The van der Waals surface area contributed by atoms with Gasteiger partial charge in [0.15, 0.2) is 5.75 Å². The summed E-state index contributed by atoms with van der Waals surface area (Å²) in [4.78, 5) is 17.2. The van der Waals surface area contributed by atoms with Crippen LogP contribution in [0.3, 0.4) is 0 Å². The predicted octanol–water partition coefficient (Wildman–Crippen LogP) is 5.06. The van der Waals surface area contributed by atoms with Gasteiger partial charge in [0.25, 0.3) is 5.91 Å². The second-order valence-corrected chi connectivity index (χ2v) is 8.84. The highest BCUT2D eigenvalue weighted by Gasteiger charge is 2.27. The van der Waals surface area contributed by atoms with Crippen molar-refractivity contribution in [3.63, 3.8) is 0 Å². The second-order valence-electron chi connectivity index (χ2n) is 8.47. The first-order valence-electron chi connectivity index (χ1n) is 11.6. The Bertz CT molecular complexity index is 1030. The van der Waals surface area contributed by atoms with Crippen LogP contribution in [0.25, 0.3) is 0 Å². The first-order chi connectivity index (χ1) is 16.0. The number of benzene rings is 2. The lowest BCUT2D eigenvalue weighted by molar-refractivity contribution is 0.0951. The Kier molecular flexibility index (Phi) is 7.73. The lowest BCUT2D eigenvalue weighted by atomic mass is 10.1. The molecule has 0 atom stereocenters. The van der Waals surface area contributed by atoms with Crippen LogP contribution in [0.15, 0.2) is 54.2 Å². The van der Waals surface area contributed by atoms with E-state index in [9.17, 15) is 9.18 Å². The van der Waals surface area contributed by atoms with Crippen molar-refractivity contribution in [3.8, 4) is 5.75 Å². The number of ether oxygens (including phenoxy) is 1. The number of halogens is 1. The number of piperidine rings is 1. The summed E-state index contributed by atoms with van der Waals surface area (Å²) in [6.45, 7) is 6.41. The van der Waals surface area contributed by atoms with Crippen LogP contribution in [0.2, 0.25) is 0 Å². The van der Waals surface area contributed by atoms with Crippen molar-refractivity contribution in [2.45, 2.75) is 39.2 Å². The standard InChI is InChI=1S/C26H30FN3O2S/c1-2-22-26(33)32-24-17-20(25(31)28-13-6-16-29-14-4-3-5-15-29)9-12-23(24)30(22)18-19-7-10-21(27)11-8-19/h2,7-12,17H,3-6,13-16,18H2,1H3,(H,28,31)/b22-2-. The largest absolute Gasteiger partial charge is 0.441 e. The van der Waals surface area contributed by atoms with Gasteiger partial charge in [-0.25, -0.2) is 4.39 Å². The Hall–Kier alpha value is -2.77. The summed E-state index contributed by atoms with van der Waals surface area (Å²) in [6.07, 6.45) is 6.71. The molecule has 4 rings (SSSR count). The van der Waals surface area contributed by atoms with Crippen molar-refractivity contribution in [1.82, 2.24) is 10.2 Å². The maximum absolute atomic E-state index is 13.3. The molecule has 1 saturated heterocycles. The number of anilines is 1. The number of rotatable bonds is 7. The van der Waals surface area contributed by atoms with Gasteiger partial charge in [-0.05, 0) is 93.9 Å². The maximum atomic E-state index is 13.3. The van der Waals surface area contributed by atoms with Crippen LogP contribution < -0.4 is 15.0 Å². The number of hydrogen-bond acceptors (Lipinski definition) is 5. The summed E-state index contributed by atoms with van der Waals surface area (Å²) in [5.74, 6) is 0.163. The fraction of sp³-hybridized carbons (Fsp3) is 0.385. The van der Waals surface area contributed by atoms with Gasteiger partial charge >= 0.3 is 0 Å². The van der Waals surface area contributed by atoms with Gasteiger partial charge < -0.3 is 19.9 Å². The molecule has 2 aliphatic rings. The summed E-state index contributed by atoms with van der Waals surface area (Å²) in [5, 5.41) is 3.37. The first kappa shape index (κ1) is 23.4. The molecule has 1 N–H and O–H groups in total. The first-order valence-corrected chi connectivity index (χ1v) is 12.0. The van der Waals surface area contributed by atoms with Gasteiger partial charge in [-0.2, -0.15) is 0 Å². The Morgan fingerprint density at radius 3 is 2.64 bits per heavy atom. The fourth-order valence-electron chi connectivity index (χ4n) is 4.36. The van der Waals surface area contributed by atoms with E-state index in [0.29, 0.717) is 29.5 Å². The molecule has 0 unspecified atom stereocenters. The Balaban J connectivity index is 1.43. The lowest BCUT2D eigenvalue weighted by Gasteiger charge is -2.33. The van der Waals surface area contributed by atoms with Crippen LogP contribution in [0.4, 0.5) is 10.1 Å². The quantitative estimate of drug-likeness (QED) is 0.350. The average molecular weight is 468 g/mol. The predicted molar refractivity (Wildman–Crippen MR) is 133 cm³/mol. The lowest BCUT2D eigenvalue weighted by Crippen LogP contribution is -2.34. The third-order valence-electron chi connectivity index (χ3n) is 6.13. The second kappa shape index (κ2) is 10.9. The van der Waals surface area contributed by atoms with Crippen LogP contribution in [0, 0.1) is 5.82 Å². The normalized spacial score (nSPS) is 17.6. The van der Waals surface area contributed by atoms with Gasteiger partial charge in [0.2, 0.25) is 5.05 Å². The van der Waals surface area contributed by atoms with E-state index in [4.69, 9.17) is 17.0 Å². The molecular formula is C26H30FN3O2S. The van der Waals surface area contributed by atoms with Gasteiger partial charge in [-0.15, -0.1) is 0 Å². The molecule has 0 spiro atoms. The summed E-state index contributed by atoms with van der Waals surface area (Å²) in [6, 6.07) is 11.8. The van der Waals surface area contributed by atoms with Crippen molar-refractivity contribution >= 4 is 28.9 Å². The number of carbonyl (C=O) groups is 1. The minimum Gasteiger partial charge on any atom is -0.441 e. The van der Waals surface area contributed by atoms with Crippen molar-refractivity contribution in [3.05, 3.63) is 71.2 Å². The average Bonchev–Trinajstić information content (AvgIpc) is 2.83. The molecule has 2 aliphatic heterocycles. The van der Waals surface area contributed by atoms with Gasteiger partial charge in [0, 0.05) is 18.7 Å². The molecule has 0 bridgehead atoms. The molecule has 174 valence electrons. The Morgan fingerprint density at radius 2 is 1.91 bits per heavy atom. The SMILES string of the molecule is C/C=C1/C(=S)Oc2cc(C(=O)NCCCN3CCCCC3)ccc2N1Cc1ccc(F)cc1. The van der Waals surface area contributed by atoms with Crippen molar-refractivity contribution in [2.24, 2.45) is 0 Å². The van der Waals surface area contributed by atoms with E-state index in [-0.39, 0.29) is 11.7 Å². The van der Waals surface area contributed by atoms with E-state index >= 15 is 0 Å². The zero-order valence-electron chi connectivity index (χ0n) is 19.0. The van der Waals surface area contributed by atoms with Crippen molar-refractivity contribution in [2.75, 3.05) is 31.1 Å². The van der Waals surface area contributed by atoms with Crippen LogP contribution in [0.5, 0.6) is 5.75 Å². The number of likely N-dealkylation sites (tertiary alicyclic amines) is 1. The van der Waals surface area contributed by atoms with Crippen LogP contribution in [-0.2, 0) is 6.54 Å². The number of nitrogens with zero attached hydrogens (tertiary/aromatic N) is 2. The van der Waals surface area contributed by atoms with Gasteiger partial charge in [0.1, 0.15) is 5.82 Å². The van der Waals surface area contributed by atoms with E-state index in [1.807, 2.05) is 30.0 Å². The summed E-state index contributed by atoms with van der Waals surface area (Å²) in [7, 11) is 0. The van der Waals surface area contributed by atoms with Crippen molar-refractivity contribution in [1.29, 1.82) is 0 Å². The molecule has 0 aromatic heterocycles. The molecule has 33 heavy (non-hydrogen) atoms. The van der Waals surface area contributed by atoms with E-state index in [1.54, 1.807) is 18.2 Å². The molecule has 2 aromatic carbocycles. The van der Waals surface area contributed by atoms with Gasteiger partial charge in [-0.1, -0.05) is 24.6 Å². The van der Waals surface area contributed by atoms with E-state index in [1.165, 1.54) is 44.5 Å². The minimum atomic E-state index is -0.269. The zero-order chi connectivity index (χ0) is 23.2. The van der Waals surface area contributed by atoms with Crippen LogP contribution >= 0.6 is 12.2 Å². The zero-order valence-corrected chi connectivity index (χ0v) is 19.8. The molecule has 0 radical (unpaired) electrons. The third kappa shape index (κ3) is 5.78. The summed E-state index contributed by atoms with van der Waals surface area (Å²) < 4.78 is 19.2. The molecule has 5 nitrogen and oxygen atoms in total. The highest BCUT2D eigenvalue weighted by molar-refractivity contribution is 7.80. The third-order valence-corrected chi connectivity index (χ3v) is 6.42. The van der Waals surface area contributed by atoms with Crippen LogP contribution in [0.1, 0.15) is 48.5 Å². The molecule has 2 heterocycles. The van der Waals surface area contributed by atoms with E-state index < -0.39 is 0 Å². The highest BCUT2D eigenvalue weighted by Crippen LogP contribution is 2.38. The van der Waals surface area contributed by atoms with E-state index in [0.717, 1.165) is 29.9 Å². The van der Waals surface area contributed by atoms with Crippen molar-refractivity contribution < 1.29 is 13.9 Å². The molecule has 0 saturated carbocycles. The Morgan fingerprint density at radius 1 is 1.15 bits per heavy atom. The number of nitrogens with one attached hydrogen (secondary N) is 1. The topological polar surface area (TPSA) is 44.8 Å². The van der Waals surface area contributed by atoms with E-state index in [2.05, 4.69) is 10.2 Å². The van der Waals surface area contributed by atoms with Gasteiger partial charge in [-0.3, -0.25) is 4.79 Å².